The van der Waals surface area contributed by atoms with E-state index < -0.39 is 0 Å². The van der Waals surface area contributed by atoms with Gasteiger partial charge in [-0.15, -0.1) is 5.10 Å². The Hall–Kier alpha value is -2.74. The predicted molar refractivity (Wildman–Crippen MR) is 90.2 cm³/mol. The molecule has 0 aliphatic heterocycles. The number of thioether (sulfide) groups is 1. The molecule has 24 heavy (non-hydrogen) atoms. The second-order valence-corrected chi connectivity index (χ2v) is 5.97. The van der Waals surface area contributed by atoms with Crippen LogP contribution in [0.4, 0.5) is 0 Å². The minimum absolute atomic E-state index is 0.0712. The fourth-order valence-corrected chi connectivity index (χ4v) is 2.75. The van der Waals surface area contributed by atoms with Crippen LogP contribution in [-0.2, 0) is 17.9 Å². The summed E-state index contributed by atoms with van der Waals surface area (Å²) < 4.78 is 1.69. The first-order chi connectivity index (χ1) is 11.8. The molecule has 0 spiro atoms. The van der Waals surface area contributed by atoms with Crippen LogP contribution in [0.2, 0.25) is 0 Å². The molecule has 0 aliphatic rings. The van der Waals surface area contributed by atoms with Crippen LogP contribution in [0.5, 0.6) is 0 Å². The topological polar surface area (TPSA) is 85.6 Å². The van der Waals surface area contributed by atoms with Gasteiger partial charge in [0.15, 0.2) is 0 Å². The quantitative estimate of drug-likeness (QED) is 0.657. The van der Waals surface area contributed by atoms with E-state index in [0.717, 1.165) is 11.1 Å². The Bertz CT molecular complexity index is 778. The third-order valence-electron chi connectivity index (χ3n) is 3.22. The van der Waals surface area contributed by atoms with Crippen LogP contribution in [-0.4, -0.2) is 36.9 Å². The van der Waals surface area contributed by atoms with E-state index >= 15 is 0 Å². The van der Waals surface area contributed by atoms with Crippen molar-refractivity contribution in [3.05, 3.63) is 66.0 Å². The average molecular weight is 340 g/mol. The van der Waals surface area contributed by atoms with Gasteiger partial charge in [0, 0.05) is 18.9 Å². The van der Waals surface area contributed by atoms with E-state index in [2.05, 4.69) is 25.8 Å². The van der Waals surface area contributed by atoms with Gasteiger partial charge < -0.3 is 5.32 Å². The maximum Gasteiger partial charge on any atom is 0.230 e. The molecule has 122 valence electrons. The van der Waals surface area contributed by atoms with Gasteiger partial charge in [0.05, 0.1) is 12.3 Å². The Morgan fingerprint density at radius 1 is 1.12 bits per heavy atom. The molecule has 1 N–H and O–H groups in total. The number of nitrogens with zero attached hydrogens (tertiary/aromatic N) is 5. The van der Waals surface area contributed by atoms with Crippen molar-refractivity contribution in [2.24, 2.45) is 0 Å². The number of benzene rings is 1. The number of carbonyl (C=O) groups is 1. The molecule has 3 rings (SSSR count). The van der Waals surface area contributed by atoms with Crippen molar-refractivity contribution in [1.29, 1.82) is 0 Å². The molecule has 7 nitrogen and oxygen atoms in total. The number of tetrazole rings is 1. The number of pyridine rings is 1. The second-order valence-electron chi connectivity index (χ2n) is 5.03. The SMILES string of the molecule is O=C(CSc1nnnn1Cc1ccccc1)NCc1cccnc1. The third-order valence-corrected chi connectivity index (χ3v) is 4.18. The first-order valence-electron chi connectivity index (χ1n) is 7.40. The summed E-state index contributed by atoms with van der Waals surface area (Å²) in [6, 6.07) is 13.7. The normalized spacial score (nSPS) is 10.5. The lowest BCUT2D eigenvalue weighted by atomic mass is 10.2. The fraction of sp³-hybridized carbons (Fsp3) is 0.188. The van der Waals surface area contributed by atoms with Crippen molar-refractivity contribution in [2.75, 3.05) is 5.75 Å². The molecule has 8 heteroatoms. The zero-order valence-electron chi connectivity index (χ0n) is 12.9. The Labute approximate surface area is 143 Å². The number of aromatic nitrogens is 5. The summed E-state index contributed by atoms with van der Waals surface area (Å²) in [7, 11) is 0. The van der Waals surface area contributed by atoms with Gasteiger partial charge in [0.1, 0.15) is 0 Å². The van der Waals surface area contributed by atoms with Crippen molar-refractivity contribution in [2.45, 2.75) is 18.2 Å². The summed E-state index contributed by atoms with van der Waals surface area (Å²) in [4.78, 5) is 16.0. The van der Waals surface area contributed by atoms with Crippen molar-refractivity contribution < 1.29 is 4.79 Å². The van der Waals surface area contributed by atoms with Crippen molar-refractivity contribution in [3.63, 3.8) is 0 Å². The molecule has 0 saturated heterocycles. The summed E-state index contributed by atoms with van der Waals surface area (Å²) in [5.41, 5.74) is 2.07. The smallest absolute Gasteiger partial charge is 0.230 e. The van der Waals surface area contributed by atoms with Crippen molar-refractivity contribution in [3.8, 4) is 0 Å². The van der Waals surface area contributed by atoms with Crippen molar-refractivity contribution in [1.82, 2.24) is 30.5 Å². The summed E-state index contributed by atoms with van der Waals surface area (Å²) in [6.45, 7) is 1.04. The van der Waals surface area contributed by atoms with E-state index in [1.807, 2.05) is 42.5 Å². The highest BCUT2D eigenvalue weighted by Gasteiger charge is 2.10. The van der Waals surface area contributed by atoms with Crippen LogP contribution in [0, 0.1) is 0 Å². The highest BCUT2D eigenvalue weighted by molar-refractivity contribution is 7.99. The summed E-state index contributed by atoms with van der Waals surface area (Å²) in [5.74, 6) is 0.188. The number of amides is 1. The van der Waals surface area contributed by atoms with E-state index in [9.17, 15) is 4.79 Å². The van der Waals surface area contributed by atoms with Crippen LogP contribution in [0.15, 0.2) is 60.0 Å². The largest absolute Gasteiger partial charge is 0.351 e. The molecular formula is C16H16N6OS. The van der Waals surface area contributed by atoms with Gasteiger partial charge >= 0.3 is 0 Å². The van der Waals surface area contributed by atoms with Crippen LogP contribution in [0.1, 0.15) is 11.1 Å². The average Bonchev–Trinajstić information content (AvgIpc) is 3.07. The molecule has 3 aromatic rings. The molecule has 0 aliphatic carbocycles. The minimum Gasteiger partial charge on any atom is -0.351 e. The van der Waals surface area contributed by atoms with E-state index in [-0.39, 0.29) is 11.7 Å². The Morgan fingerprint density at radius 3 is 2.75 bits per heavy atom. The Morgan fingerprint density at radius 2 is 1.96 bits per heavy atom. The molecule has 1 amide bonds. The van der Waals surface area contributed by atoms with E-state index in [1.165, 1.54) is 11.8 Å². The Kier molecular flexibility index (Phi) is 5.52. The number of hydrogen-bond acceptors (Lipinski definition) is 6. The lowest BCUT2D eigenvalue weighted by Crippen LogP contribution is -2.24. The summed E-state index contributed by atoms with van der Waals surface area (Å²) >= 11 is 1.32. The van der Waals surface area contributed by atoms with Crippen molar-refractivity contribution >= 4 is 17.7 Å². The molecule has 0 saturated carbocycles. The lowest BCUT2D eigenvalue weighted by Gasteiger charge is -2.06. The number of hydrogen-bond donors (Lipinski definition) is 1. The lowest BCUT2D eigenvalue weighted by molar-refractivity contribution is -0.118. The predicted octanol–water partition coefficient (Wildman–Crippen LogP) is 1.52. The summed E-state index contributed by atoms with van der Waals surface area (Å²) in [5, 5.41) is 15.1. The number of rotatable bonds is 7. The van der Waals surface area contributed by atoms with E-state index in [1.54, 1.807) is 17.1 Å². The van der Waals surface area contributed by atoms with Crippen LogP contribution in [0.3, 0.4) is 0 Å². The van der Waals surface area contributed by atoms with Gasteiger partial charge in [0.25, 0.3) is 0 Å². The second kappa shape index (κ2) is 8.21. The van der Waals surface area contributed by atoms with Crippen LogP contribution >= 0.6 is 11.8 Å². The zero-order chi connectivity index (χ0) is 16.6. The molecule has 2 aromatic heterocycles. The highest BCUT2D eigenvalue weighted by Crippen LogP contribution is 2.14. The monoisotopic (exact) mass is 340 g/mol. The van der Waals surface area contributed by atoms with Gasteiger partial charge in [0.2, 0.25) is 11.1 Å². The molecule has 0 radical (unpaired) electrons. The van der Waals surface area contributed by atoms with Gasteiger partial charge in [-0.3, -0.25) is 9.78 Å². The van der Waals surface area contributed by atoms with Crippen LogP contribution < -0.4 is 5.32 Å². The molecule has 2 heterocycles. The summed E-state index contributed by atoms with van der Waals surface area (Å²) in [6.07, 6.45) is 3.43. The Balaban J connectivity index is 1.50. The van der Waals surface area contributed by atoms with Gasteiger partial charge in [-0.05, 0) is 27.6 Å². The molecule has 0 bridgehead atoms. The maximum absolute atomic E-state index is 12.0. The van der Waals surface area contributed by atoms with Gasteiger partial charge in [-0.25, -0.2) is 4.68 Å². The first-order valence-corrected chi connectivity index (χ1v) is 8.38. The van der Waals surface area contributed by atoms with E-state index in [0.29, 0.717) is 18.2 Å². The molecule has 0 atom stereocenters. The maximum atomic E-state index is 12.0. The molecule has 0 fully saturated rings. The molecule has 1 aromatic carbocycles. The number of nitrogens with one attached hydrogen (secondary N) is 1. The number of carbonyl (C=O) groups excluding carboxylic acids is 1. The minimum atomic E-state index is -0.0712. The van der Waals surface area contributed by atoms with Gasteiger partial charge in [-0.2, -0.15) is 0 Å². The molecule has 0 unspecified atom stereocenters. The highest BCUT2D eigenvalue weighted by atomic mass is 32.2. The van der Waals surface area contributed by atoms with Gasteiger partial charge in [-0.1, -0.05) is 48.2 Å². The first kappa shape index (κ1) is 16.1. The zero-order valence-corrected chi connectivity index (χ0v) is 13.7. The molecular weight excluding hydrogens is 324 g/mol. The standard InChI is InChI=1S/C16H16N6OS/c23-15(18-10-14-7-4-8-17-9-14)12-24-16-19-20-21-22(16)11-13-5-2-1-3-6-13/h1-9H,10-12H2,(H,18,23). The van der Waals surface area contributed by atoms with Crippen LogP contribution in [0.25, 0.3) is 0 Å². The fourth-order valence-electron chi connectivity index (χ4n) is 2.04. The van der Waals surface area contributed by atoms with E-state index in [4.69, 9.17) is 0 Å². The third kappa shape index (κ3) is 4.63.